The molecule has 0 N–H and O–H groups in total. The molecular weight excluding hydrogens is 465 g/mol. The van der Waals surface area contributed by atoms with Crippen LogP contribution in [0.4, 0.5) is 0 Å². The molecule has 1 heterocycles. The molecule has 0 aromatic heterocycles. The number of esters is 3. The third-order valence-corrected chi connectivity index (χ3v) is 6.73. The third-order valence-electron chi connectivity index (χ3n) is 3.86. The number of rotatable bonds is 7. The summed E-state index contributed by atoms with van der Waals surface area (Å²) in [4.78, 5) is 38.5. The average Bonchev–Trinajstić information content (AvgIpc) is 2.65. The number of aliphatic imine (C=N–C) groups is 1. The Morgan fingerprint density at radius 3 is 2.24 bits per heavy atom. The van der Waals surface area contributed by atoms with E-state index in [4.69, 9.17) is 31.2 Å². The average molecular weight is 486 g/mol. The van der Waals surface area contributed by atoms with E-state index >= 15 is 0 Å². The summed E-state index contributed by atoms with van der Waals surface area (Å²) in [5.74, 6) is -1.64. The summed E-state index contributed by atoms with van der Waals surface area (Å²) in [6.07, 6.45) is -3.51. The zero-order valence-electron chi connectivity index (χ0n) is 16.1. The van der Waals surface area contributed by atoms with Crippen molar-refractivity contribution >= 4 is 54.7 Å². The monoisotopic (exact) mass is 487 g/mol. The van der Waals surface area contributed by atoms with Gasteiger partial charge < -0.3 is 0 Å². The van der Waals surface area contributed by atoms with Crippen LogP contribution in [-0.4, -0.2) is 69.2 Å². The van der Waals surface area contributed by atoms with E-state index in [2.05, 4.69) is 10.2 Å². The second-order valence-corrected chi connectivity index (χ2v) is 8.94. The molecule has 1 aliphatic heterocycles. The molecule has 1 fully saturated rings. The Hall–Kier alpha value is -2.09. The molecule has 2 rings (SSSR count). The van der Waals surface area contributed by atoms with Crippen molar-refractivity contribution in [2.75, 3.05) is 6.61 Å². The van der Waals surface area contributed by atoms with E-state index < -0.39 is 47.3 Å². The van der Waals surface area contributed by atoms with Crippen molar-refractivity contribution in [1.29, 1.82) is 0 Å². The molecule has 0 bridgehead atoms. The zero-order valence-corrected chi connectivity index (χ0v) is 18.6. The number of nitrogens with zero attached hydrogens (tertiary/aromatic N) is 1. The molecule has 10 heteroatoms. The van der Waals surface area contributed by atoms with E-state index in [0.717, 1.165) is 4.46 Å². The fraction of sp³-hybridized carbons (Fsp3) is 0.474. The van der Waals surface area contributed by atoms with E-state index in [-0.39, 0.29) is 21.6 Å². The number of carbonyl (C=O) groups is 3. The summed E-state index contributed by atoms with van der Waals surface area (Å²) < 4.78 is 23.0. The Labute approximate surface area is 180 Å². The van der Waals surface area contributed by atoms with Crippen LogP contribution in [0.25, 0.3) is 0 Å². The zero-order chi connectivity index (χ0) is 21.4. The molecule has 0 spiro atoms. The first-order chi connectivity index (χ1) is 13.8. The summed E-state index contributed by atoms with van der Waals surface area (Å²) in [5, 5.41) is 2.31. The molecule has 29 heavy (non-hydrogen) atoms. The Morgan fingerprint density at radius 2 is 1.69 bits per heavy atom. The van der Waals surface area contributed by atoms with Gasteiger partial charge in [0.15, 0.2) is 0 Å². The quantitative estimate of drug-likeness (QED) is 0.186. The topological polar surface area (TPSA) is 100 Å². The van der Waals surface area contributed by atoms with Gasteiger partial charge in [0.2, 0.25) is 0 Å². The molecule has 0 aliphatic carbocycles. The summed E-state index contributed by atoms with van der Waals surface area (Å²) in [6, 6.07) is 9.56. The third kappa shape index (κ3) is 7.03. The van der Waals surface area contributed by atoms with Crippen molar-refractivity contribution in [2.24, 2.45) is 4.99 Å². The predicted octanol–water partition coefficient (Wildman–Crippen LogP) is 1.06. The van der Waals surface area contributed by atoms with Crippen LogP contribution in [0.5, 0.6) is 0 Å². The van der Waals surface area contributed by atoms with Gasteiger partial charge >= 0.3 is 180 Å². The van der Waals surface area contributed by atoms with Gasteiger partial charge in [0.25, 0.3) is 0 Å². The van der Waals surface area contributed by atoms with Gasteiger partial charge in [-0.05, 0) is 0 Å². The van der Waals surface area contributed by atoms with Crippen LogP contribution < -0.4 is 4.46 Å². The van der Waals surface area contributed by atoms with Crippen LogP contribution in [0.15, 0.2) is 35.3 Å². The van der Waals surface area contributed by atoms with Crippen LogP contribution in [0.3, 0.4) is 0 Å². The number of hydrogen-bond donors (Lipinski definition) is 0. The van der Waals surface area contributed by atoms with Crippen molar-refractivity contribution in [3.8, 4) is 0 Å². The van der Waals surface area contributed by atoms with E-state index in [0.29, 0.717) is 0 Å². The van der Waals surface area contributed by atoms with Gasteiger partial charge in [-0.3, -0.25) is 0 Å². The molecular formula is C19H21NO7SSe. The molecule has 1 aromatic carbocycles. The van der Waals surface area contributed by atoms with E-state index in [1.165, 1.54) is 20.8 Å². The molecule has 0 unspecified atom stereocenters. The molecule has 5 atom stereocenters. The summed E-state index contributed by atoms with van der Waals surface area (Å²) in [6.45, 7) is 3.57. The number of benzene rings is 1. The maximum atomic E-state index is 11.8. The molecule has 1 aliphatic rings. The van der Waals surface area contributed by atoms with Crippen LogP contribution >= 0.6 is 12.2 Å². The van der Waals surface area contributed by atoms with Crippen molar-refractivity contribution in [2.45, 2.75) is 50.1 Å². The molecule has 156 valence electrons. The van der Waals surface area contributed by atoms with Crippen LogP contribution in [0, 0.1) is 0 Å². The predicted molar refractivity (Wildman–Crippen MR) is 107 cm³/mol. The van der Waals surface area contributed by atoms with Gasteiger partial charge in [0, 0.05) is 0 Å². The van der Waals surface area contributed by atoms with Crippen molar-refractivity contribution in [3.05, 3.63) is 30.3 Å². The van der Waals surface area contributed by atoms with Gasteiger partial charge in [-0.25, -0.2) is 0 Å². The standard InChI is InChI=1S/C19H21NO7SSe/c1-11(21)24-9-15-16(25-12(2)22)17(26-13(3)23)18(19(27-15)20-10-28)29-14-7-5-4-6-8-14/h4-8,15-19H,9H2,1-3H3/t15-,16+,17+,18+,19+/m1/s1. The van der Waals surface area contributed by atoms with Crippen molar-refractivity contribution < 1.29 is 33.3 Å². The van der Waals surface area contributed by atoms with Crippen LogP contribution in [0.2, 0.25) is 4.82 Å². The van der Waals surface area contributed by atoms with Crippen molar-refractivity contribution in [3.63, 3.8) is 0 Å². The summed E-state index contributed by atoms with van der Waals surface area (Å²) >= 11 is 4.48. The van der Waals surface area contributed by atoms with E-state index in [9.17, 15) is 14.4 Å². The van der Waals surface area contributed by atoms with Gasteiger partial charge in [0.05, 0.1) is 0 Å². The second kappa shape index (κ2) is 11.2. The molecule has 0 amide bonds. The minimum absolute atomic E-state index is 0.195. The first-order valence-electron chi connectivity index (χ1n) is 8.73. The Kier molecular flexibility index (Phi) is 8.95. The summed E-state index contributed by atoms with van der Waals surface area (Å²) in [5.41, 5.74) is 0. The normalized spacial score (nSPS) is 26.0. The van der Waals surface area contributed by atoms with Crippen LogP contribution in [-0.2, 0) is 33.3 Å². The Balaban J connectivity index is 2.43. The van der Waals surface area contributed by atoms with E-state index in [1.54, 1.807) is 0 Å². The van der Waals surface area contributed by atoms with Gasteiger partial charge in [-0.1, -0.05) is 0 Å². The fourth-order valence-electron chi connectivity index (χ4n) is 2.83. The maximum absolute atomic E-state index is 11.8. The van der Waals surface area contributed by atoms with Crippen molar-refractivity contribution in [1.82, 2.24) is 0 Å². The molecule has 0 saturated carbocycles. The van der Waals surface area contributed by atoms with Crippen LogP contribution in [0.1, 0.15) is 20.8 Å². The Morgan fingerprint density at radius 1 is 1.07 bits per heavy atom. The molecule has 1 saturated heterocycles. The number of hydrogen-bond acceptors (Lipinski definition) is 9. The molecule has 8 nitrogen and oxygen atoms in total. The van der Waals surface area contributed by atoms with Gasteiger partial charge in [-0.2, -0.15) is 0 Å². The Bertz CT molecular complexity index is 784. The number of carbonyl (C=O) groups excluding carboxylic acids is 3. The fourth-order valence-corrected chi connectivity index (χ4v) is 5.48. The number of ether oxygens (including phenoxy) is 4. The van der Waals surface area contributed by atoms with E-state index in [1.807, 2.05) is 30.3 Å². The van der Waals surface area contributed by atoms with Gasteiger partial charge in [-0.15, -0.1) is 0 Å². The second-order valence-electron chi connectivity index (χ2n) is 6.13. The molecule has 1 aromatic rings. The SMILES string of the molecule is CC(=O)OC[C@H]1O[C@H](N=C=S)[C@@H]([Se]c2ccccc2)[C@@H](OC(C)=O)[C@H]1OC(C)=O. The molecule has 0 radical (unpaired) electrons. The summed E-state index contributed by atoms with van der Waals surface area (Å²) in [7, 11) is 0. The number of isothiocyanates is 1. The van der Waals surface area contributed by atoms with Gasteiger partial charge in [0.1, 0.15) is 0 Å². The first kappa shape index (κ1) is 23.2. The minimum atomic E-state index is -0.970. The number of thiocarbonyl (C=S) groups is 1. The first-order valence-corrected chi connectivity index (χ1v) is 11.0.